The van der Waals surface area contributed by atoms with Crippen molar-refractivity contribution in [3.8, 4) is 6.07 Å². The Labute approximate surface area is 144 Å². The zero-order valence-corrected chi connectivity index (χ0v) is 14.3. The van der Waals surface area contributed by atoms with E-state index in [-0.39, 0.29) is 0 Å². The number of aryl methyl sites for hydroxylation is 1. The number of anilines is 3. The number of nitrogens with one attached hydrogen (secondary N) is 2. The predicted octanol–water partition coefficient (Wildman–Crippen LogP) is 1.60. The van der Waals surface area contributed by atoms with Crippen molar-refractivity contribution in [2.24, 2.45) is 0 Å². The maximum Gasteiger partial charge on any atom is 0.189 e. The number of aromatic nitrogens is 3. The molecular formula is C15H19N7OS. The predicted molar refractivity (Wildman–Crippen MR) is 92.6 cm³/mol. The van der Waals surface area contributed by atoms with E-state index in [1.54, 1.807) is 6.20 Å². The Bertz CT molecular complexity index is 721. The molecule has 2 aromatic heterocycles. The Morgan fingerprint density at radius 2 is 2.12 bits per heavy atom. The number of nitrogens with zero attached hydrogens (tertiary/aromatic N) is 5. The minimum Gasteiger partial charge on any atom is -0.379 e. The molecule has 1 aliphatic rings. The highest BCUT2D eigenvalue weighted by Crippen LogP contribution is 2.22. The smallest absolute Gasteiger partial charge is 0.189 e. The van der Waals surface area contributed by atoms with Crippen LogP contribution in [0.3, 0.4) is 0 Å². The van der Waals surface area contributed by atoms with E-state index in [0.717, 1.165) is 45.2 Å². The molecule has 1 aliphatic heterocycles. The van der Waals surface area contributed by atoms with Crippen molar-refractivity contribution >= 4 is 28.1 Å². The van der Waals surface area contributed by atoms with Crippen molar-refractivity contribution in [1.82, 2.24) is 19.9 Å². The molecule has 1 fully saturated rings. The molecule has 0 saturated carbocycles. The van der Waals surface area contributed by atoms with E-state index in [0.29, 0.717) is 21.7 Å². The minimum absolute atomic E-state index is 0.562. The third-order valence-corrected chi connectivity index (χ3v) is 4.34. The first-order valence-corrected chi connectivity index (χ1v) is 8.57. The van der Waals surface area contributed by atoms with Gasteiger partial charge < -0.3 is 15.4 Å². The summed E-state index contributed by atoms with van der Waals surface area (Å²) in [5.41, 5.74) is 0. The summed E-state index contributed by atoms with van der Waals surface area (Å²) in [6.45, 7) is 7.17. The van der Waals surface area contributed by atoms with Gasteiger partial charge in [-0.25, -0.2) is 15.0 Å². The van der Waals surface area contributed by atoms with E-state index >= 15 is 0 Å². The average molecular weight is 345 g/mol. The van der Waals surface area contributed by atoms with Crippen LogP contribution >= 0.6 is 11.3 Å². The summed E-state index contributed by atoms with van der Waals surface area (Å²) in [5, 5.41) is 15.9. The van der Waals surface area contributed by atoms with Crippen LogP contribution in [0.2, 0.25) is 0 Å². The number of thiazole rings is 1. The Morgan fingerprint density at radius 3 is 2.88 bits per heavy atom. The molecule has 9 heteroatoms. The maximum absolute atomic E-state index is 8.86. The Balaban J connectivity index is 1.57. The molecule has 2 aromatic rings. The lowest BCUT2D eigenvalue weighted by molar-refractivity contribution is 0.0398. The second kappa shape index (κ2) is 8.01. The van der Waals surface area contributed by atoms with E-state index in [1.807, 2.05) is 13.0 Å². The topological polar surface area (TPSA) is 99.0 Å². The third-order valence-electron chi connectivity index (χ3n) is 3.53. The summed E-state index contributed by atoms with van der Waals surface area (Å²) in [5.74, 6) is 2.11. The van der Waals surface area contributed by atoms with Gasteiger partial charge in [0.25, 0.3) is 0 Å². The molecule has 0 aliphatic carbocycles. The average Bonchev–Trinajstić information content (AvgIpc) is 3.03. The Hall–Kier alpha value is -2.28. The molecule has 0 bridgehead atoms. The maximum atomic E-state index is 8.86. The van der Waals surface area contributed by atoms with Crippen LogP contribution in [0.4, 0.5) is 16.8 Å². The molecule has 3 rings (SSSR count). The van der Waals surface area contributed by atoms with Crippen molar-refractivity contribution < 1.29 is 4.74 Å². The van der Waals surface area contributed by atoms with Gasteiger partial charge in [-0.15, -0.1) is 0 Å². The minimum atomic E-state index is 0.562. The van der Waals surface area contributed by atoms with E-state index in [2.05, 4.69) is 36.6 Å². The van der Waals surface area contributed by atoms with Crippen LogP contribution in [-0.4, -0.2) is 59.2 Å². The monoisotopic (exact) mass is 345 g/mol. The van der Waals surface area contributed by atoms with E-state index < -0.39 is 0 Å². The number of hydrogen-bond donors (Lipinski definition) is 2. The molecule has 0 atom stereocenters. The third kappa shape index (κ3) is 4.61. The summed E-state index contributed by atoms with van der Waals surface area (Å²) >= 11 is 1.29. The second-order valence-corrected chi connectivity index (χ2v) is 6.36. The van der Waals surface area contributed by atoms with Crippen molar-refractivity contribution in [1.29, 1.82) is 5.26 Å². The van der Waals surface area contributed by atoms with Gasteiger partial charge >= 0.3 is 0 Å². The zero-order chi connectivity index (χ0) is 16.8. The normalized spacial score (nSPS) is 15.0. The fraction of sp³-hybridized carbons (Fsp3) is 0.467. The van der Waals surface area contributed by atoms with Crippen molar-refractivity contribution in [3.05, 3.63) is 23.0 Å². The van der Waals surface area contributed by atoms with Gasteiger partial charge in [0.05, 0.1) is 19.4 Å². The van der Waals surface area contributed by atoms with Crippen LogP contribution in [0.25, 0.3) is 0 Å². The second-order valence-electron chi connectivity index (χ2n) is 5.33. The van der Waals surface area contributed by atoms with Crippen LogP contribution in [0, 0.1) is 18.3 Å². The highest BCUT2D eigenvalue weighted by molar-refractivity contribution is 7.16. The molecule has 8 nitrogen and oxygen atoms in total. The largest absolute Gasteiger partial charge is 0.379 e. The van der Waals surface area contributed by atoms with Crippen molar-refractivity contribution in [3.63, 3.8) is 0 Å². The molecule has 0 spiro atoms. The van der Waals surface area contributed by atoms with Gasteiger partial charge in [-0.05, 0) is 6.92 Å². The number of rotatable bonds is 6. The standard InChI is InChI=1S/C15H19N7OS/c1-11-19-13(17-2-3-22-4-6-23-7-5-22)8-14(20-11)21-15-18-10-12(9-16)24-15/h8,10H,2-7H2,1H3,(H2,17,18,19,20,21). The summed E-state index contributed by atoms with van der Waals surface area (Å²) < 4.78 is 5.35. The lowest BCUT2D eigenvalue weighted by Crippen LogP contribution is -2.39. The number of hydrogen-bond acceptors (Lipinski definition) is 9. The van der Waals surface area contributed by atoms with E-state index in [1.165, 1.54) is 11.3 Å². The van der Waals surface area contributed by atoms with Gasteiger partial charge in [0.15, 0.2) is 5.13 Å². The van der Waals surface area contributed by atoms with Gasteiger partial charge in [0.2, 0.25) is 0 Å². The molecule has 126 valence electrons. The number of morpholine rings is 1. The van der Waals surface area contributed by atoms with Crippen LogP contribution in [0.15, 0.2) is 12.3 Å². The Kier molecular flexibility index (Phi) is 5.53. The summed E-state index contributed by atoms with van der Waals surface area (Å²) in [6, 6.07) is 3.92. The first-order valence-electron chi connectivity index (χ1n) is 7.75. The SMILES string of the molecule is Cc1nc(NCCN2CCOCC2)cc(Nc2ncc(C#N)s2)n1. The fourth-order valence-electron chi connectivity index (χ4n) is 2.38. The summed E-state index contributed by atoms with van der Waals surface area (Å²) in [6.07, 6.45) is 1.54. The highest BCUT2D eigenvalue weighted by atomic mass is 32.1. The molecule has 3 heterocycles. The highest BCUT2D eigenvalue weighted by Gasteiger charge is 2.10. The zero-order valence-electron chi connectivity index (χ0n) is 13.4. The van der Waals surface area contributed by atoms with Crippen molar-refractivity contribution in [2.45, 2.75) is 6.92 Å². The summed E-state index contributed by atoms with van der Waals surface area (Å²) in [4.78, 5) is 15.8. The van der Waals surface area contributed by atoms with Gasteiger partial charge in [-0.2, -0.15) is 5.26 Å². The molecule has 24 heavy (non-hydrogen) atoms. The lowest BCUT2D eigenvalue weighted by Gasteiger charge is -2.26. The van der Waals surface area contributed by atoms with Crippen LogP contribution in [-0.2, 0) is 4.74 Å². The molecule has 2 N–H and O–H groups in total. The van der Waals surface area contributed by atoms with E-state index in [4.69, 9.17) is 10.00 Å². The lowest BCUT2D eigenvalue weighted by atomic mass is 10.4. The summed E-state index contributed by atoms with van der Waals surface area (Å²) in [7, 11) is 0. The van der Waals surface area contributed by atoms with Crippen LogP contribution < -0.4 is 10.6 Å². The molecular weight excluding hydrogens is 326 g/mol. The molecule has 0 aromatic carbocycles. The van der Waals surface area contributed by atoms with Gasteiger partial charge in [-0.1, -0.05) is 11.3 Å². The Morgan fingerprint density at radius 1 is 1.33 bits per heavy atom. The molecule has 0 amide bonds. The van der Waals surface area contributed by atoms with Gasteiger partial charge in [0, 0.05) is 32.2 Å². The first kappa shape index (κ1) is 16.6. The van der Waals surface area contributed by atoms with E-state index in [9.17, 15) is 0 Å². The first-order chi connectivity index (χ1) is 11.7. The number of ether oxygens (including phenoxy) is 1. The molecule has 0 unspecified atom stereocenters. The van der Waals surface area contributed by atoms with Gasteiger partial charge in [-0.3, -0.25) is 4.90 Å². The van der Waals surface area contributed by atoms with Crippen LogP contribution in [0.5, 0.6) is 0 Å². The van der Waals surface area contributed by atoms with Crippen LogP contribution in [0.1, 0.15) is 10.7 Å². The van der Waals surface area contributed by atoms with Crippen molar-refractivity contribution in [2.75, 3.05) is 50.0 Å². The molecule has 0 radical (unpaired) electrons. The fourth-order valence-corrected chi connectivity index (χ4v) is 3.00. The quantitative estimate of drug-likeness (QED) is 0.814. The van der Waals surface area contributed by atoms with Gasteiger partial charge in [0.1, 0.15) is 28.4 Å². The number of nitriles is 1. The molecule has 1 saturated heterocycles.